The highest BCUT2D eigenvalue weighted by Gasteiger charge is 2.61. The summed E-state index contributed by atoms with van der Waals surface area (Å²) in [5.74, 6) is 1.95. The summed E-state index contributed by atoms with van der Waals surface area (Å²) in [6, 6.07) is 21.8. The minimum Gasteiger partial charge on any atom is -0.368 e. The first kappa shape index (κ1) is 18.5. The molecule has 7 rings (SSSR count). The van der Waals surface area contributed by atoms with Crippen LogP contribution in [0.5, 0.6) is 0 Å². The molecule has 1 heterocycles. The molecule has 4 bridgehead atoms. The van der Waals surface area contributed by atoms with Gasteiger partial charge in [-0.2, -0.15) is 0 Å². The van der Waals surface area contributed by atoms with Crippen molar-refractivity contribution in [2.75, 3.05) is 31.1 Å². The molecule has 0 N–H and O–H groups in total. The number of rotatable bonds is 3. The molecule has 5 fully saturated rings. The average molecular weight is 401 g/mol. The molecular weight excluding hydrogens is 368 g/mol. The lowest BCUT2D eigenvalue weighted by Crippen LogP contribution is -2.61. The molecule has 4 saturated carbocycles. The molecule has 3 nitrogen and oxygen atoms in total. The van der Waals surface area contributed by atoms with Crippen LogP contribution in [0.1, 0.15) is 44.1 Å². The normalized spacial score (nSPS) is 34.9. The number of carbonyl (C=O) groups is 1. The summed E-state index contributed by atoms with van der Waals surface area (Å²) in [5.41, 5.74) is 2.91. The summed E-state index contributed by atoms with van der Waals surface area (Å²) in [6.07, 6.45) is 7.29. The third kappa shape index (κ3) is 2.89. The van der Waals surface area contributed by atoms with Gasteiger partial charge in [-0.05, 0) is 73.5 Å². The van der Waals surface area contributed by atoms with Gasteiger partial charge >= 0.3 is 0 Å². The quantitative estimate of drug-likeness (QED) is 0.734. The number of carbonyl (C=O) groups excluding carboxylic acids is 1. The Bertz CT molecular complexity index is 902. The van der Waals surface area contributed by atoms with Gasteiger partial charge in [-0.25, -0.2) is 0 Å². The molecule has 4 aliphatic carbocycles. The van der Waals surface area contributed by atoms with E-state index in [-0.39, 0.29) is 10.8 Å². The number of amides is 1. The summed E-state index contributed by atoms with van der Waals surface area (Å²) in [6.45, 7) is 3.62. The lowest BCUT2D eigenvalue weighted by atomic mass is 9.42. The molecule has 5 aliphatic rings. The van der Waals surface area contributed by atoms with E-state index in [4.69, 9.17) is 0 Å². The van der Waals surface area contributed by atoms with Crippen molar-refractivity contribution < 1.29 is 4.79 Å². The predicted octanol–water partition coefficient (Wildman–Crippen LogP) is 4.87. The predicted molar refractivity (Wildman–Crippen MR) is 120 cm³/mol. The molecule has 0 aromatic heterocycles. The lowest BCUT2D eigenvalue weighted by Gasteiger charge is -2.62. The molecule has 30 heavy (non-hydrogen) atoms. The first-order chi connectivity index (χ1) is 14.7. The van der Waals surface area contributed by atoms with Crippen LogP contribution in [0.15, 0.2) is 60.7 Å². The summed E-state index contributed by atoms with van der Waals surface area (Å²) >= 11 is 0. The SMILES string of the molecule is O=C(N1CCN(c2ccccc2)CC1)C12C[C@@H]3C[C@@H](C1)CC(c1ccccc1)(C3)C2. The van der Waals surface area contributed by atoms with Crippen LogP contribution in [-0.4, -0.2) is 37.0 Å². The van der Waals surface area contributed by atoms with E-state index >= 15 is 0 Å². The van der Waals surface area contributed by atoms with Crippen LogP contribution in [0.3, 0.4) is 0 Å². The van der Waals surface area contributed by atoms with Gasteiger partial charge in [-0.15, -0.1) is 0 Å². The molecule has 1 amide bonds. The maximum Gasteiger partial charge on any atom is 0.228 e. The van der Waals surface area contributed by atoms with E-state index in [1.807, 2.05) is 0 Å². The Morgan fingerprint density at radius 2 is 1.37 bits per heavy atom. The zero-order valence-electron chi connectivity index (χ0n) is 17.8. The van der Waals surface area contributed by atoms with Gasteiger partial charge in [0.15, 0.2) is 0 Å². The van der Waals surface area contributed by atoms with Crippen LogP contribution in [0.25, 0.3) is 0 Å². The number of benzene rings is 2. The zero-order valence-corrected chi connectivity index (χ0v) is 17.8. The zero-order chi connectivity index (χ0) is 20.2. The number of hydrogen-bond donors (Lipinski definition) is 0. The molecule has 2 atom stereocenters. The Hall–Kier alpha value is -2.29. The van der Waals surface area contributed by atoms with Crippen molar-refractivity contribution in [1.82, 2.24) is 4.90 Å². The number of para-hydroxylation sites is 1. The second-order valence-electron chi connectivity index (χ2n) is 10.5. The van der Waals surface area contributed by atoms with Gasteiger partial charge in [0.1, 0.15) is 0 Å². The first-order valence-electron chi connectivity index (χ1n) is 11.8. The summed E-state index contributed by atoms with van der Waals surface area (Å²) < 4.78 is 0. The van der Waals surface area contributed by atoms with Gasteiger partial charge in [0.2, 0.25) is 5.91 Å². The average Bonchev–Trinajstić information content (AvgIpc) is 2.79. The molecule has 0 radical (unpaired) electrons. The monoisotopic (exact) mass is 400 g/mol. The third-order valence-electron chi connectivity index (χ3n) is 8.59. The molecular formula is C27H32N2O. The van der Waals surface area contributed by atoms with Crippen molar-refractivity contribution in [1.29, 1.82) is 0 Å². The first-order valence-corrected chi connectivity index (χ1v) is 11.8. The standard InChI is InChI=1S/C27H32N2O/c30-25(29-13-11-28(12-14-29)24-9-5-2-6-10-24)27-18-21-15-22(19-27)17-26(16-21,20-27)23-7-3-1-4-8-23/h1-10,21-22H,11-20H2/t21-,22-,26?,27?/m1/s1. The van der Waals surface area contributed by atoms with E-state index < -0.39 is 0 Å². The van der Waals surface area contributed by atoms with Crippen LogP contribution in [-0.2, 0) is 10.2 Å². The van der Waals surface area contributed by atoms with Crippen molar-refractivity contribution in [2.45, 2.75) is 43.9 Å². The van der Waals surface area contributed by atoms with Gasteiger partial charge in [0.25, 0.3) is 0 Å². The van der Waals surface area contributed by atoms with E-state index in [9.17, 15) is 4.79 Å². The van der Waals surface area contributed by atoms with Crippen LogP contribution in [0, 0.1) is 17.3 Å². The Kier molecular flexibility index (Phi) is 4.23. The number of anilines is 1. The van der Waals surface area contributed by atoms with Gasteiger partial charge in [-0.1, -0.05) is 48.5 Å². The number of piperazine rings is 1. The van der Waals surface area contributed by atoms with Crippen molar-refractivity contribution in [2.24, 2.45) is 17.3 Å². The highest BCUT2D eigenvalue weighted by atomic mass is 16.2. The second kappa shape index (κ2) is 6.87. The van der Waals surface area contributed by atoms with Crippen molar-refractivity contribution in [3.63, 3.8) is 0 Å². The van der Waals surface area contributed by atoms with Crippen molar-refractivity contribution in [3.05, 3.63) is 66.2 Å². The van der Waals surface area contributed by atoms with E-state index in [1.54, 1.807) is 0 Å². The van der Waals surface area contributed by atoms with Gasteiger partial charge in [0.05, 0.1) is 5.41 Å². The maximum absolute atomic E-state index is 14.0. The van der Waals surface area contributed by atoms with Crippen LogP contribution in [0.2, 0.25) is 0 Å². The topological polar surface area (TPSA) is 23.6 Å². The molecule has 3 heteroatoms. The summed E-state index contributed by atoms with van der Waals surface area (Å²) in [7, 11) is 0. The van der Waals surface area contributed by atoms with Crippen LogP contribution >= 0.6 is 0 Å². The third-order valence-corrected chi connectivity index (χ3v) is 8.59. The molecule has 0 unspecified atom stereocenters. The number of nitrogens with zero attached hydrogens (tertiary/aromatic N) is 2. The van der Waals surface area contributed by atoms with E-state index in [1.165, 1.54) is 30.5 Å². The molecule has 2 aromatic rings. The molecule has 0 spiro atoms. The van der Waals surface area contributed by atoms with Gasteiger partial charge < -0.3 is 9.80 Å². The number of hydrogen-bond acceptors (Lipinski definition) is 2. The summed E-state index contributed by atoms with van der Waals surface area (Å²) in [5, 5.41) is 0. The molecule has 1 aliphatic heterocycles. The summed E-state index contributed by atoms with van der Waals surface area (Å²) in [4.78, 5) is 18.6. The lowest BCUT2D eigenvalue weighted by molar-refractivity contribution is -0.160. The van der Waals surface area contributed by atoms with E-state index in [0.717, 1.165) is 57.3 Å². The minimum atomic E-state index is -0.102. The Morgan fingerprint density at radius 1 is 0.767 bits per heavy atom. The second-order valence-corrected chi connectivity index (χ2v) is 10.5. The van der Waals surface area contributed by atoms with E-state index in [2.05, 4.69) is 70.5 Å². The van der Waals surface area contributed by atoms with Crippen molar-refractivity contribution in [3.8, 4) is 0 Å². The maximum atomic E-state index is 14.0. The van der Waals surface area contributed by atoms with Crippen molar-refractivity contribution >= 4 is 11.6 Å². The molecule has 2 aromatic carbocycles. The fourth-order valence-electron chi connectivity index (χ4n) is 7.78. The largest absolute Gasteiger partial charge is 0.368 e. The Morgan fingerprint density at radius 3 is 2.00 bits per heavy atom. The van der Waals surface area contributed by atoms with Gasteiger partial charge in [-0.3, -0.25) is 4.79 Å². The van der Waals surface area contributed by atoms with Crippen LogP contribution in [0.4, 0.5) is 5.69 Å². The van der Waals surface area contributed by atoms with E-state index in [0.29, 0.717) is 5.91 Å². The highest BCUT2D eigenvalue weighted by molar-refractivity contribution is 5.84. The fraction of sp³-hybridized carbons (Fsp3) is 0.519. The minimum absolute atomic E-state index is 0.102. The highest BCUT2D eigenvalue weighted by Crippen LogP contribution is 2.66. The fourth-order valence-corrected chi connectivity index (χ4v) is 7.78. The van der Waals surface area contributed by atoms with Crippen LogP contribution < -0.4 is 4.90 Å². The smallest absolute Gasteiger partial charge is 0.228 e. The molecule has 1 saturated heterocycles. The van der Waals surface area contributed by atoms with Gasteiger partial charge in [0, 0.05) is 31.9 Å². The Labute approximate surface area is 180 Å². The molecule has 156 valence electrons. The Balaban J connectivity index is 1.23.